The zero-order valence-electron chi connectivity index (χ0n) is 13.4. The van der Waals surface area contributed by atoms with Gasteiger partial charge in [0.1, 0.15) is 8.07 Å². The van der Waals surface area contributed by atoms with Crippen LogP contribution in [0.2, 0.25) is 19.6 Å². The molecule has 23 heavy (non-hydrogen) atoms. The van der Waals surface area contributed by atoms with Crippen molar-refractivity contribution < 1.29 is 18.0 Å². The molecule has 6 heteroatoms. The van der Waals surface area contributed by atoms with Gasteiger partial charge in [0.15, 0.2) is 0 Å². The summed E-state index contributed by atoms with van der Waals surface area (Å²) in [5, 5.41) is 0. The molecular formula is C17H20F3NOSi. The standard InChI is InChI=1S/C17H20F3NOSi/c1-5-14(15-9-7-6-8-10-15)13-21(11-12-23(2,3)4)16(22)17(18,19)20/h5-10,14H,1,13H2,2-4H3. The van der Waals surface area contributed by atoms with Gasteiger partial charge in [0.2, 0.25) is 0 Å². The summed E-state index contributed by atoms with van der Waals surface area (Å²) in [6.07, 6.45) is -3.42. The number of rotatable bonds is 4. The van der Waals surface area contributed by atoms with Crippen LogP contribution in [0.15, 0.2) is 43.0 Å². The molecule has 0 aromatic heterocycles. The molecule has 0 fully saturated rings. The molecule has 0 aliphatic carbocycles. The predicted molar refractivity (Wildman–Crippen MR) is 88.3 cm³/mol. The fourth-order valence-electron chi connectivity index (χ4n) is 1.78. The van der Waals surface area contributed by atoms with Crippen molar-refractivity contribution in [2.24, 2.45) is 0 Å². The summed E-state index contributed by atoms with van der Waals surface area (Å²) in [6.45, 7) is 9.19. The minimum Gasteiger partial charge on any atom is -0.263 e. The zero-order valence-corrected chi connectivity index (χ0v) is 14.4. The molecule has 0 bridgehead atoms. The van der Waals surface area contributed by atoms with Gasteiger partial charge >= 0.3 is 12.1 Å². The Morgan fingerprint density at radius 3 is 2.30 bits per heavy atom. The van der Waals surface area contributed by atoms with Crippen LogP contribution in [0.25, 0.3) is 0 Å². The largest absolute Gasteiger partial charge is 0.472 e. The number of carbonyl (C=O) groups excluding carboxylic acids is 1. The highest BCUT2D eigenvalue weighted by atomic mass is 28.3. The van der Waals surface area contributed by atoms with Crippen LogP contribution in [-0.2, 0) is 4.79 Å². The molecule has 0 aliphatic heterocycles. The Balaban J connectivity index is 3.11. The summed E-state index contributed by atoms with van der Waals surface area (Å²) >= 11 is 0. The summed E-state index contributed by atoms with van der Waals surface area (Å²) in [7, 11) is -1.91. The molecule has 1 amide bonds. The first-order chi connectivity index (χ1) is 10.5. The highest BCUT2D eigenvalue weighted by molar-refractivity contribution is 6.83. The second-order valence-electron chi connectivity index (χ2n) is 6.15. The van der Waals surface area contributed by atoms with Gasteiger partial charge in [-0.3, -0.25) is 9.69 Å². The third kappa shape index (κ3) is 6.33. The van der Waals surface area contributed by atoms with Gasteiger partial charge in [0, 0.05) is 18.5 Å². The summed E-state index contributed by atoms with van der Waals surface area (Å²) in [6, 6.07) is 11.4. The minimum atomic E-state index is -4.95. The van der Waals surface area contributed by atoms with Crippen LogP contribution >= 0.6 is 0 Å². The molecule has 0 N–H and O–H groups in total. The van der Waals surface area contributed by atoms with E-state index in [1.54, 1.807) is 24.3 Å². The van der Waals surface area contributed by atoms with Crippen molar-refractivity contribution in [2.75, 3.05) is 6.54 Å². The molecule has 0 saturated heterocycles. The van der Waals surface area contributed by atoms with Crippen molar-refractivity contribution >= 4 is 14.0 Å². The van der Waals surface area contributed by atoms with E-state index in [-0.39, 0.29) is 6.54 Å². The number of carbonyl (C=O) groups is 1. The number of benzene rings is 1. The van der Waals surface area contributed by atoms with Crippen LogP contribution in [0.3, 0.4) is 0 Å². The molecule has 1 aromatic carbocycles. The Bertz CT molecular complexity index is 609. The van der Waals surface area contributed by atoms with E-state index in [2.05, 4.69) is 18.2 Å². The summed E-state index contributed by atoms with van der Waals surface area (Å²) in [4.78, 5) is 12.2. The molecule has 1 unspecified atom stereocenters. The molecule has 1 atom stereocenters. The highest BCUT2D eigenvalue weighted by Crippen LogP contribution is 2.23. The Kier molecular flexibility index (Phi) is 6.22. The first-order valence-corrected chi connectivity index (χ1v) is 10.6. The normalized spacial score (nSPS) is 12.8. The summed E-state index contributed by atoms with van der Waals surface area (Å²) in [5.74, 6) is -2.36. The van der Waals surface area contributed by atoms with Crippen LogP contribution in [-0.4, -0.2) is 31.6 Å². The second-order valence-corrected chi connectivity index (χ2v) is 10.9. The van der Waals surface area contributed by atoms with Crippen LogP contribution in [0, 0.1) is 11.6 Å². The quantitative estimate of drug-likeness (QED) is 0.349. The van der Waals surface area contributed by atoms with Crippen molar-refractivity contribution in [1.82, 2.24) is 4.90 Å². The number of nitrogens with zero attached hydrogens (tertiary/aromatic N) is 1. The van der Waals surface area contributed by atoms with E-state index in [1.807, 2.05) is 25.7 Å². The number of alkyl halides is 3. The van der Waals surface area contributed by atoms with Crippen molar-refractivity contribution in [1.29, 1.82) is 0 Å². The molecule has 2 nitrogen and oxygen atoms in total. The third-order valence-corrected chi connectivity index (χ3v) is 3.81. The molecule has 1 aromatic rings. The number of hydrogen-bond donors (Lipinski definition) is 0. The maximum atomic E-state index is 12.8. The van der Waals surface area contributed by atoms with Gasteiger partial charge in [-0.25, -0.2) is 0 Å². The van der Waals surface area contributed by atoms with Crippen molar-refractivity contribution in [3.05, 3.63) is 48.6 Å². The Hall–Kier alpha value is -2.00. The van der Waals surface area contributed by atoms with Gasteiger partial charge in [-0.2, -0.15) is 13.2 Å². The van der Waals surface area contributed by atoms with E-state index >= 15 is 0 Å². The van der Waals surface area contributed by atoms with Crippen LogP contribution in [0.5, 0.6) is 0 Å². The fraction of sp³-hybridized carbons (Fsp3) is 0.353. The second kappa shape index (κ2) is 7.51. The highest BCUT2D eigenvalue weighted by Gasteiger charge is 2.42. The lowest BCUT2D eigenvalue weighted by molar-refractivity contribution is -0.182. The Morgan fingerprint density at radius 2 is 1.87 bits per heavy atom. The molecular weight excluding hydrogens is 319 g/mol. The average Bonchev–Trinajstić information content (AvgIpc) is 2.46. The molecule has 0 spiro atoms. The van der Waals surface area contributed by atoms with Crippen molar-refractivity contribution in [3.63, 3.8) is 0 Å². The van der Waals surface area contributed by atoms with Gasteiger partial charge in [-0.1, -0.05) is 56.0 Å². The van der Waals surface area contributed by atoms with E-state index in [0.29, 0.717) is 4.90 Å². The van der Waals surface area contributed by atoms with Gasteiger partial charge < -0.3 is 0 Å². The molecule has 0 radical (unpaired) electrons. The molecule has 1 rings (SSSR count). The maximum Gasteiger partial charge on any atom is 0.472 e. The average molecular weight is 339 g/mol. The first-order valence-electron chi connectivity index (χ1n) is 7.13. The van der Waals surface area contributed by atoms with E-state index in [1.165, 1.54) is 6.08 Å². The SMILES string of the molecule is C=CC(CN(C#C[Si](C)(C)C)C(=O)C(F)(F)F)c1ccccc1. The van der Waals surface area contributed by atoms with E-state index in [0.717, 1.165) is 5.56 Å². The van der Waals surface area contributed by atoms with Crippen LogP contribution < -0.4 is 0 Å². The Morgan fingerprint density at radius 1 is 1.30 bits per heavy atom. The number of halogens is 3. The lowest BCUT2D eigenvalue weighted by Gasteiger charge is -2.22. The van der Waals surface area contributed by atoms with E-state index in [9.17, 15) is 18.0 Å². The predicted octanol–water partition coefficient (Wildman–Crippen LogP) is 4.19. The number of amides is 1. The lowest BCUT2D eigenvalue weighted by Crippen LogP contribution is -2.40. The number of hydrogen-bond acceptors (Lipinski definition) is 1. The van der Waals surface area contributed by atoms with Gasteiger partial charge in [-0.05, 0) is 5.56 Å². The zero-order chi connectivity index (χ0) is 17.7. The van der Waals surface area contributed by atoms with Gasteiger partial charge in [-0.15, -0.1) is 12.1 Å². The van der Waals surface area contributed by atoms with Crippen LogP contribution in [0.1, 0.15) is 11.5 Å². The minimum absolute atomic E-state index is 0.177. The fourth-order valence-corrected chi connectivity index (χ4v) is 2.25. The van der Waals surface area contributed by atoms with Crippen LogP contribution in [0.4, 0.5) is 13.2 Å². The maximum absolute atomic E-state index is 12.8. The molecule has 124 valence electrons. The molecule has 0 saturated carbocycles. The smallest absolute Gasteiger partial charge is 0.263 e. The van der Waals surface area contributed by atoms with Gasteiger partial charge in [0.25, 0.3) is 0 Å². The molecule has 0 heterocycles. The van der Waals surface area contributed by atoms with Gasteiger partial charge in [0.05, 0.1) is 0 Å². The molecule has 0 aliphatic rings. The topological polar surface area (TPSA) is 20.3 Å². The van der Waals surface area contributed by atoms with E-state index < -0.39 is 26.1 Å². The Labute approximate surface area is 136 Å². The van der Waals surface area contributed by atoms with E-state index in [4.69, 9.17) is 0 Å². The van der Waals surface area contributed by atoms with Crippen molar-refractivity contribution in [3.8, 4) is 11.6 Å². The lowest BCUT2D eigenvalue weighted by atomic mass is 9.99. The monoisotopic (exact) mass is 339 g/mol. The summed E-state index contributed by atoms with van der Waals surface area (Å²) in [5.41, 5.74) is 3.60. The summed E-state index contributed by atoms with van der Waals surface area (Å²) < 4.78 is 38.4. The van der Waals surface area contributed by atoms with Crippen molar-refractivity contribution in [2.45, 2.75) is 31.7 Å². The third-order valence-electron chi connectivity index (χ3n) is 2.95. The first kappa shape index (κ1) is 19.0.